The van der Waals surface area contributed by atoms with Gasteiger partial charge in [-0.15, -0.1) is 0 Å². The molecule has 2 aromatic carbocycles. The monoisotopic (exact) mass is 382 g/mol. The van der Waals surface area contributed by atoms with Crippen LogP contribution >= 0.6 is 23.4 Å². The molecule has 0 fully saturated rings. The zero-order valence-electron chi connectivity index (χ0n) is 14.3. The first-order valence-electron chi connectivity index (χ1n) is 8.19. The van der Waals surface area contributed by atoms with E-state index in [-0.39, 0.29) is 5.82 Å². The Morgan fingerprint density at radius 3 is 2.62 bits per heavy atom. The molecule has 130 valence electrons. The molecule has 5 heteroatoms. The van der Waals surface area contributed by atoms with Crippen LogP contribution in [0, 0.1) is 19.7 Å². The lowest BCUT2D eigenvalue weighted by atomic mass is 10.2. The highest BCUT2D eigenvalue weighted by Crippen LogP contribution is 2.41. The van der Waals surface area contributed by atoms with Gasteiger partial charge in [-0.05, 0) is 49.7 Å². The van der Waals surface area contributed by atoms with Crippen molar-refractivity contribution in [2.24, 2.45) is 0 Å². The van der Waals surface area contributed by atoms with Gasteiger partial charge in [0.2, 0.25) is 0 Å². The van der Waals surface area contributed by atoms with Crippen LogP contribution < -0.4 is 0 Å². The number of aryl methyl sites for hydroxylation is 1. The van der Waals surface area contributed by atoms with Gasteiger partial charge in [-0.1, -0.05) is 41.6 Å². The fourth-order valence-corrected chi connectivity index (χ4v) is 4.34. The molecule has 4 rings (SSSR count). The molecule has 0 radical (unpaired) electrons. The van der Waals surface area contributed by atoms with Crippen molar-refractivity contribution >= 4 is 34.3 Å². The van der Waals surface area contributed by atoms with Gasteiger partial charge >= 0.3 is 0 Å². The summed E-state index contributed by atoms with van der Waals surface area (Å²) in [7, 11) is 0. The number of halogens is 2. The number of hydrogen-bond donors (Lipinski definition) is 0. The number of aromatic nitrogens is 2. The van der Waals surface area contributed by atoms with Crippen LogP contribution in [-0.4, -0.2) is 9.55 Å². The Bertz CT molecular complexity index is 1120. The Labute approximate surface area is 160 Å². The molecule has 0 saturated carbocycles. The Kier molecular flexibility index (Phi) is 4.47. The van der Waals surface area contributed by atoms with Gasteiger partial charge in [-0.3, -0.25) is 4.98 Å². The molecule has 0 N–H and O–H groups in total. The lowest BCUT2D eigenvalue weighted by Crippen LogP contribution is -1.98. The number of rotatable bonds is 3. The zero-order valence-corrected chi connectivity index (χ0v) is 15.9. The third kappa shape index (κ3) is 3.00. The van der Waals surface area contributed by atoms with E-state index in [0.29, 0.717) is 9.92 Å². The molecule has 0 spiro atoms. The van der Waals surface area contributed by atoms with E-state index in [0.717, 1.165) is 32.7 Å². The third-order valence-electron chi connectivity index (χ3n) is 4.28. The van der Waals surface area contributed by atoms with Gasteiger partial charge in [0.25, 0.3) is 0 Å². The zero-order chi connectivity index (χ0) is 18.3. The second-order valence-corrected chi connectivity index (χ2v) is 7.65. The number of hydrogen-bond acceptors (Lipinski definition) is 2. The maximum Gasteiger partial charge on any atom is 0.137 e. The largest absolute Gasteiger partial charge is 0.311 e. The van der Waals surface area contributed by atoms with E-state index in [9.17, 15) is 4.39 Å². The predicted octanol–water partition coefficient (Wildman–Crippen LogP) is 6.59. The van der Waals surface area contributed by atoms with Crippen molar-refractivity contribution in [2.75, 3.05) is 0 Å². The minimum Gasteiger partial charge on any atom is -0.311 e. The number of nitrogens with zero attached hydrogens (tertiary/aromatic N) is 2. The highest BCUT2D eigenvalue weighted by atomic mass is 35.5. The fourth-order valence-electron chi connectivity index (χ4n) is 3.12. The van der Waals surface area contributed by atoms with Crippen LogP contribution in [0.2, 0.25) is 5.02 Å². The second-order valence-electron chi connectivity index (χ2n) is 6.16. The SMILES string of the molecule is Cc1cncc(-n2c(C)c(Sc3ccccc3F)c3ccc(Cl)cc32)c1. The van der Waals surface area contributed by atoms with Crippen molar-refractivity contribution in [3.8, 4) is 5.69 Å². The molecule has 0 saturated heterocycles. The topological polar surface area (TPSA) is 17.8 Å². The molecular weight excluding hydrogens is 367 g/mol. The van der Waals surface area contributed by atoms with Crippen LogP contribution in [0.4, 0.5) is 4.39 Å². The molecule has 0 bridgehead atoms. The standard InChI is InChI=1S/C21H16ClFN2S/c1-13-9-16(12-24-11-13)25-14(2)21(17-8-7-15(22)10-19(17)25)26-20-6-4-3-5-18(20)23/h3-12H,1-2H3. The highest BCUT2D eigenvalue weighted by molar-refractivity contribution is 7.99. The van der Waals surface area contributed by atoms with Gasteiger partial charge < -0.3 is 4.57 Å². The van der Waals surface area contributed by atoms with Crippen LogP contribution in [0.5, 0.6) is 0 Å². The van der Waals surface area contributed by atoms with Crippen molar-refractivity contribution in [1.29, 1.82) is 0 Å². The normalized spacial score (nSPS) is 11.2. The van der Waals surface area contributed by atoms with E-state index in [4.69, 9.17) is 11.6 Å². The lowest BCUT2D eigenvalue weighted by molar-refractivity contribution is 0.602. The molecule has 0 aliphatic heterocycles. The molecular formula is C21H16ClFN2S. The molecule has 0 atom stereocenters. The fraction of sp³-hybridized carbons (Fsp3) is 0.0952. The molecule has 0 aliphatic rings. The average molecular weight is 383 g/mol. The summed E-state index contributed by atoms with van der Waals surface area (Å²) in [6.07, 6.45) is 3.66. The Morgan fingerprint density at radius 2 is 1.85 bits per heavy atom. The summed E-state index contributed by atoms with van der Waals surface area (Å²) >= 11 is 7.70. The van der Waals surface area contributed by atoms with Gasteiger partial charge in [0.1, 0.15) is 5.82 Å². The van der Waals surface area contributed by atoms with Crippen LogP contribution in [0.3, 0.4) is 0 Å². The van der Waals surface area contributed by atoms with Crippen molar-refractivity contribution in [3.63, 3.8) is 0 Å². The molecule has 4 aromatic rings. The summed E-state index contributed by atoms with van der Waals surface area (Å²) < 4.78 is 16.3. The molecule has 0 aliphatic carbocycles. The van der Waals surface area contributed by atoms with Crippen LogP contribution in [-0.2, 0) is 0 Å². The van der Waals surface area contributed by atoms with Crippen molar-refractivity contribution in [2.45, 2.75) is 23.6 Å². The van der Waals surface area contributed by atoms with Gasteiger partial charge in [0, 0.05) is 32.1 Å². The number of pyridine rings is 1. The molecule has 2 aromatic heterocycles. The van der Waals surface area contributed by atoms with Crippen molar-refractivity contribution in [1.82, 2.24) is 9.55 Å². The van der Waals surface area contributed by atoms with Crippen LogP contribution in [0.1, 0.15) is 11.3 Å². The Hall–Kier alpha value is -2.30. The first kappa shape index (κ1) is 17.1. The second kappa shape index (κ2) is 6.78. The van der Waals surface area contributed by atoms with Crippen LogP contribution in [0.15, 0.2) is 70.7 Å². The van der Waals surface area contributed by atoms with Crippen molar-refractivity contribution < 1.29 is 4.39 Å². The summed E-state index contributed by atoms with van der Waals surface area (Å²) in [5.41, 5.74) is 4.06. The minimum absolute atomic E-state index is 0.219. The lowest BCUT2D eigenvalue weighted by Gasteiger charge is -2.09. The van der Waals surface area contributed by atoms with E-state index in [1.54, 1.807) is 12.1 Å². The third-order valence-corrected chi connectivity index (χ3v) is 5.78. The number of fused-ring (bicyclic) bond motifs is 1. The summed E-state index contributed by atoms with van der Waals surface area (Å²) in [4.78, 5) is 5.94. The van der Waals surface area contributed by atoms with Crippen LogP contribution in [0.25, 0.3) is 16.6 Å². The van der Waals surface area contributed by atoms with Gasteiger partial charge in [-0.2, -0.15) is 0 Å². The molecule has 0 unspecified atom stereocenters. The van der Waals surface area contributed by atoms with Crippen molar-refractivity contribution in [3.05, 3.63) is 83.0 Å². The number of benzene rings is 2. The summed E-state index contributed by atoms with van der Waals surface area (Å²) in [5, 5.41) is 1.71. The molecule has 2 heterocycles. The highest BCUT2D eigenvalue weighted by Gasteiger charge is 2.18. The average Bonchev–Trinajstić information content (AvgIpc) is 2.88. The summed E-state index contributed by atoms with van der Waals surface area (Å²) in [6.45, 7) is 4.05. The maximum absolute atomic E-state index is 14.2. The summed E-state index contributed by atoms with van der Waals surface area (Å²) in [6, 6.07) is 14.7. The van der Waals surface area contributed by atoms with Gasteiger partial charge in [0.05, 0.1) is 17.4 Å². The predicted molar refractivity (Wildman–Crippen MR) is 106 cm³/mol. The molecule has 2 nitrogen and oxygen atoms in total. The first-order chi connectivity index (χ1) is 12.5. The maximum atomic E-state index is 14.2. The van der Waals surface area contributed by atoms with Gasteiger partial charge in [0.15, 0.2) is 0 Å². The summed E-state index contributed by atoms with van der Waals surface area (Å²) in [5.74, 6) is -0.219. The van der Waals surface area contributed by atoms with Gasteiger partial charge in [-0.25, -0.2) is 4.39 Å². The van der Waals surface area contributed by atoms with E-state index in [1.165, 1.54) is 17.8 Å². The molecule has 26 heavy (non-hydrogen) atoms. The van der Waals surface area contributed by atoms with E-state index in [1.807, 2.05) is 50.5 Å². The molecule has 0 amide bonds. The van der Waals surface area contributed by atoms with E-state index in [2.05, 4.69) is 15.6 Å². The van der Waals surface area contributed by atoms with E-state index >= 15 is 0 Å². The smallest absolute Gasteiger partial charge is 0.137 e. The Morgan fingerprint density at radius 1 is 1.04 bits per heavy atom. The quantitative estimate of drug-likeness (QED) is 0.398. The Balaban J connectivity index is 1.97. The van der Waals surface area contributed by atoms with E-state index < -0.39 is 0 Å². The minimum atomic E-state index is -0.219. The first-order valence-corrected chi connectivity index (χ1v) is 9.39.